The molecular weight excluding hydrogens is 751 g/mol. The second kappa shape index (κ2) is 19.8. The van der Waals surface area contributed by atoms with Crippen molar-refractivity contribution in [1.29, 1.82) is 0 Å². The van der Waals surface area contributed by atoms with Crippen LogP contribution in [0.1, 0.15) is 61.1 Å². The fourth-order valence-corrected chi connectivity index (χ4v) is 4.37. The largest absolute Gasteiger partial charge is 0.490 e. The molecule has 1 fully saturated rings. The summed E-state index contributed by atoms with van der Waals surface area (Å²) in [5, 5.41) is 28.6. The first-order valence-corrected chi connectivity index (χ1v) is 14.9. The molecule has 1 aliphatic heterocycles. The van der Waals surface area contributed by atoms with Crippen molar-refractivity contribution in [2.24, 2.45) is 0 Å². The third-order valence-electron chi connectivity index (χ3n) is 6.76. The number of nitrogens with one attached hydrogen (secondary N) is 1. The zero-order valence-electron chi connectivity index (χ0n) is 28.3. The number of fused-ring (bicyclic) bond motifs is 1. The predicted molar refractivity (Wildman–Crippen MR) is 173 cm³/mol. The number of imidazole rings is 1. The number of amides is 1. The Balaban J connectivity index is 0.000000572. The first-order chi connectivity index (χ1) is 24.9. The van der Waals surface area contributed by atoms with Gasteiger partial charge in [0.2, 0.25) is 0 Å². The van der Waals surface area contributed by atoms with Crippen molar-refractivity contribution in [2.45, 2.75) is 63.6 Å². The molecule has 1 aromatic carbocycles. The van der Waals surface area contributed by atoms with Gasteiger partial charge in [0.15, 0.2) is 11.5 Å². The van der Waals surface area contributed by atoms with Gasteiger partial charge in [-0.1, -0.05) is 32.9 Å². The van der Waals surface area contributed by atoms with Crippen molar-refractivity contribution in [3.05, 3.63) is 83.8 Å². The highest BCUT2D eigenvalue weighted by atomic mass is 19.5. The number of rotatable bonds is 4. The van der Waals surface area contributed by atoms with E-state index in [0.717, 1.165) is 25.2 Å². The van der Waals surface area contributed by atoms with E-state index < -0.39 is 24.5 Å². The number of anilines is 2. The Morgan fingerprint density at radius 1 is 0.833 bits per heavy atom. The summed E-state index contributed by atoms with van der Waals surface area (Å²) in [6.45, 7) is 6.92. The van der Waals surface area contributed by atoms with Crippen LogP contribution in [0, 0.1) is 0 Å². The van der Waals surface area contributed by atoms with Crippen LogP contribution in [0.25, 0.3) is 5.65 Å². The molecule has 1 unspecified atom stereocenters. The molecule has 0 aliphatic carbocycles. The number of aliphatic carboxylic acids is 1. The van der Waals surface area contributed by atoms with Gasteiger partial charge in [-0.2, -0.15) is 39.5 Å². The first-order valence-electron chi connectivity index (χ1n) is 14.9. The molecule has 13 nitrogen and oxygen atoms in total. The van der Waals surface area contributed by atoms with E-state index in [0.29, 0.717) is 17.0 Å². The van der Waals surface area contributed by atoms with Crippen LogP contribution in [0.5, 0.6) is 0 Å². The molecule has 3 aromatic heterocycles. The molecule has 4 heterocycles. The zero-order chi connectivity index (χ0) is 41.5. The van der Waals surface area contributed by atoms with Crippen LogP contribution >= 0.6 is 0 Å². The van der Waals surface area contributed by atoms with Gasteiger partial charge in [0, 0.05) is 24.5 Å². The molecule has 22 heteroatoms. The van der Waals surface area contributed by atoms with Crippen LogP contribution in [0.15, 0.2) is 67.1 Å². The highest BCUT2D eigenvalue weighted by Crippen LogP contribution is 2.36. The molecule has 1 amide bonds. The molecule has 1 aliphatic rings. The maximum absolute atomic E-state index is 12.7. The summed E-state index contributed by atoms with van der Waals surface area (Å²) in [5.74, 6) is -1.56. The second-order valence-corrected chi connectivity index (χ2v) is 11.5. The monoisotopic (exact) mass is 784 g/mol. The van der Waals surface area contributed by atoms with Gasteiger partial charge in [-0.3, -0.25) is 19.4 Å². The Hall–Kier alpha value is -5.96. The normalized spacial score (nSPS) is 14.0. The summed E-state index contributed by atoms with van der Waals surface area (Å²) in [6.07, 6.45) is -9.57. The minimum absolute atomic E-state index is 0.0474. The summed E-state index contributed by atoms with van der Waals surface area (Å²) in [4.78, 5) is 49.3. The van der Waals surface area contributed by atoms with E-state index in [4.69, 9.17) is 34.8 Å². The van der Waals surface area contributed by atoms with Crippen LogP contribution in [-0.2, 0) is 19.8 Å². The van der Waals surface area contributed by atoms with Gasteiger partial charge < -0.3 is 25.5 Å². The molecule has 1 saturated heterocycles. The van der Waals surface area contributed by atoms with Crippen molar-refractivity contribution < 1.29 is 74.0 Å². The van der Waals surface area contributed by atoms with Crippen LogP contribution in [-0.4, -0.2) is 84.8 Å². The molecule has 296 valence electrons. The third-order valence-corrected chi connectivity index (χ3v) is 6.76. The number of nitrogens with zero attached hydrogens (tertiary/aromatic N) is 5. The first kappa shape index (κ1) is 46.1. The van der Waals surface area contributed by atoms with E-state index in [9.17, 15) is 44.3 Å². The van der Waals surface area contributed by atoms with Crippen molar-refractivity contribution in [2.75, 3.05) is 16.8 Å². The van der Waals surface area contributed by atoms with Crippen LogP contribution in [0.2, 0.25) is 0 Å². The fraction of sp³-hybridized carbons (Fsp3) is 0.344. The second-order valence-electron chi connectivity index (χ2n) is 11.5. The number of hydrogen-bond donors (Lipinski definition) is 4. The number of carbonyl (C=O) groups excluding carboxylic acids is 1. The standard InChI is InChI=1S/C26H28N6O.C2F6.C2HF3O2.2CH2O2/c1-26(2,3)20-8-6-19(7-9-20)25(33)29-22-17-32-23(28-22)10-11-24(30-32)31-16-4-5-21(31)18-12-14-27-15-13-18;3-1(4,5)2(6,7)8;3-2(4,5)1(6)7;2*2-1-3/h6-15,17,21H,4-5,16H2,1-3H3,(H,29,33);;(H,6,7);2*1H,(H,2,3). The quantitative estimate of drug-likeness (QED) is 0.121. The van der Waals surface area contributed by atoms with Crippen LogP contribution < -0.4 is 10.2 Å². The van der Waals surface area contributed by atoms with Gasteiger partial charge in [-0.15, -0.1) is 5.10 Å². The molecular formula is C32H33F9N6O7. The lowest BCUT2D eigenvalue weighted by Gasteiger charge is -2.25. The smallest absolute Gasteiger partial charge is 0.483 e. The van der Waals surface area contributed by atoms with Gasteiger partial charge in [0.1, 0.15) is 5.82 Å². The van der Waals surface area contributed by atoms with Gasteiger partial charge in [0.05, 0.1) is 12.2 Å². The molecule has 54 heavy (non-hydrogen) atoms. The molecule has 0 radical (unpaired) electrons. The maximum atomic E-state index is 12.7. The van der Waals surface area contributed by atoms with Crippen molar-refractivity contribution in [1.82, 2.24) is 19.6 Å². The summed E-state index contributed by atoms with van der Waals surface area (Å²) in [6, 6.07) is 16.1. The Morgan fingerprint density at radius 3 is 1.78 bits per heavy atom. The zero-order valence-corrected chi connectivity index (χ0v) is 28.3. The molecule has 4 aromatic rings. The number of carboxylic acid groups (broad SMARTS) is 3. The van der Waals surface area contributed by atoms with E-state index >= 15 is 0 Å². The Labute approximate surface area is 300 Å². The van der Waals surface area contributed by atoms with Crippen LogP contribution in [0.3, 0.4) is 0 Å². The molecule has 0 bridgehead atoms. The van der Waals surface area contributed by atoms with E-state index in [1.54, 1.807) is 10.7 Å². The molecule has 4 N–H and O–H groups in total. The summed E-state index contributed by atoms with van der Waals surface area (Å²) < 4.78 is 96.1. The number of halogens is 9. The summed E-state index contributed by atoms with van der Waals surface area (Å²) in [5.41, 5.74) is 3.78. The lowest BCUT2D eigenvalue weighted by Crippen LogP contribution is -2.30. The molecule has 5 rings (SSSR count). The number of carbonyl (C=O) groups is 4. The average Bonchev–Trinajstić information content (AvgIpc) is 3.72. The van der Waals surface area contributed by atoms with E-state index in [1.165, 1.54) is 11.1 Å². The summed E-state index contributed by atoms with van der Waals surface area (Å²) in [7, 11) is 0. The number of alkyl halides is 9. The maximum Gasteiger partial charge on any atom is 0.490 e. The number of aromatic nitrogens is 4. The third kappa shape index (κ3) is 14.6. The average molecular weight is 785 g/mol. The SMILES string of the molecule is CC(C)(C)c1ccc(C(=O)Nc2cn3nc(N4CCCC4c4ccncc4)ccc3n2)cc1.FC(F)(F)C(F)(F)F.O=C(O)C(F)(F)F.O=CO.O=CO. The van der Waals surface area contributed by atoms with E-state index in [1.807, 2.05) is 48.8 Å². The number of benzene rings is 1. The summed E-state index contributed by atoms with van der Waals surface area (Å²) >= 11 is 0. The minimum Gasteiger partial charge on any atom is -0.483 e. The predicted octanol–water partition coefficient (Wildman–Crippen LogP) is 7.16. The van der Waals surface area contributed by atoms with Gasteiger partial charge >= 0.3 is 24.5 Å². The van der Waals surface area contributed by atoms with Crippen molar-refractivity contribution in [3.8, 4) is 0 Å². The Kier molecular flexibility index (Phi) is 16.9. The Morgan fingerprint density at radius 2 is 1.33 bits per heavy atom. The fourth-order valence-electron chi connectivity index (χ4n) is 4.37. The Bertz CT molecular complexity index is 1780. The topological polar surface area (TPSA) is 187 Å². The van der Waals surface area contributed by atoms with E-state index in [2.05, 4.69) is 53.1 Å². The van der Waals surface area contributed by atoms with E-state index in [-0.39, 0.29) is 30.3 Å². The minimum atomic E-state index is -6.06. The van der Waals surface area contributed by atoms with Crippen molar-refractivity contribution in [3.63, 3.8) is 0 Å². The van der Waals surface area contributed by atoms with Gasteiger partial charge in [-0.05, 0) is 65.8 Å². The molecule has 0 saturated carbocycles. The van der Waals surface area contributed by atoms with Crippen molar-refractivity contribution >= 4 is 42.1 Å². The lowest BCUT2D eigenvalue weighted by atomic mass is 9.87. The molecule has 0 spiro atoms. The number of carboxylic acids is 1. The van der Waals surface area contributed by atoms with Crippen LogP contribution in [0.4, 0.5) is 51.1 Å². The van der Waals surface area contributed by atoms with Gasteiger partial charge in [-0.25, -0.2) is 14.3 Å². The van der Waals surface area contributed by atoms with Gasteiger partial charge in [0.25, 0.3) is 18.9 Å². The number of pyridine rings is 1. The highest BCUT2D eigenvalue weighted by Gasteiger charge is 2.58. The molecule has 1 atom stereocenters. The number of hydrogen-bond acceptors (Lipinski definition) is 8. The highest BCUT2D eigenvalue weighted by molar-refractivity contribution is 6.03. The lowest BCUT2D eigenvalue weighted by molar-refractivity contribution is -0.339.